The lowest BCUT2D eigenvalue weighted by atomic mass is 9.79. The fourth-order valence-corrected chi connectivity index (χ4v) is 18.4. The lowest BCUT2D eigenvalue weighted by Crippen LogP contribution is -2.28. The molecule has 0 radical (unpaired) electrons. The van der Waals surface area contributed by atoms with Gasteiger partial charge in [-0.25, -0.2) is 8.42 Å². The van der Waals surface area contributed by atoms with Crippen LogP contribution in [0.1, 0.15) is 161 Å². The molecule has 0 spiro atoms. The normalized spacial score (nSPS) is 16.6. The number of allylic oxidation sites excluding steroid dienone is 16. The van der Waals surface area contributed by atoms with Crippen molar-refractivity contribution in [2.45, 2.75) is 161 Å². The van der Waals surface area contributed by atoms with Crippen LogP contribution in [0.2, 0.25) is 0 Å². The van der Waals surface area contributed by atoms with Crippen LogP contribution in [0.3, 0.4) is 0 Å². The number of anilines is 2. The van der Waals surface area contributed by atoms with Crippen LogP contribution >= 0.6 is 0 Å². The van der Waals surface area contributed by atoms with Gasteiger partial charge in [0.05, 0.1) is 60.6 Å². The third-order valence-corrected chi connectivity index (χ3v) is 24.3. The number of carbonyl (C=O) groups excluding carboxylic acids is 3. The molecule has 8 aromatic carbocycles. The van der Waals surface area contributed by atoms with E-state index < -0.39 is 16.1 Å². The maximum absolute atomic E-state index is 12.4. The summed E-state index contributed by atoms with van der Waals surface area (Å²) in [6, 6.07) is 51.9. The molecular formula is C101H122N6O11S. The molecular weight excluding hydrogens is 1510 g/mol. The minimum absolute atomic E-state index is 0.0615. The molecule has 4 heterocycles. The molecule has 0 unspecified atom stereocenters. The minimum Gasteiger partial charge on any atom is -0.748 e. The number of rotatable bonds is 42. The van der Waals surface area contributed by atoms with Crippen molar-refractivity contribution in [2.75, 3.05) is 109 Å². The van der Waals surface area contributed by atoms with E-state index in [9.17, 15) is 32.5 Å². The van der Waals surface area contributed by atoms with Crippen molar-refractivity contribution >= 4 is 105 Å². The van der Waals surface area contributed by atoms with Crippen LogP contribution in [0.15, 0.2) is 242 Å². The van der Waals surface area contributed by atoms with Crippen LogP contribution in [0, 0.1) is 0 Å². The Balaban J connectivity index is 0.000000233. The summed E-state index contributed by atoms with van der Waals surface area (Å²) in [5.74, 6) is -1.22. The number of nitrogens with zero attached hydrogens (tertiary/aromatic N) is 4. The first-order chi connectivity index (χ1) is 57.4. The Morgan fingerprint density at radius 1 is 0.403 bits per heavy atom. The Hall–Kier alpha value is -10.2. The van der Waals surface area contributed by atoms with E-state index in [1.165, 1.54) is 99.5 Å². The second-order valence-electron chi connectivity index (χ2n) is 33.3. The second kappa shape index (κ2) is 42.2. The van der Waals surface area contributed by atoms with Crippen molar-refractivity contribution in [3.63, 3.8) is 0 Å². The molecule has 0 aromatic heterocycles. The summed E-state index contributed by atoms with van der Waals surface area (Å²) < 4.78 is 59.8. The fourth-order valence-electron chi connectivity index (χ4n) is 17.8. The molecule has 8 aromatic rings. The summed E-state index contributed by atoms with van der Waals surface area (Å²) in [6.45, 7) is 25.6. The lowest BCUT2D eigenvalue weighted by Gasteiger charge is -2.27. The van der Waals surface area contributed by atoms with E-state index in [0.717, 1.165) is 76.0 Å². The molecule has 4 aliphatic rings. The molecule has 0 bridgehead atoms. The number of carbonyl (C=O) groups is 3. The van der Waals surface area contributed by atoms with Gasteiger partial charge >= 0.3 is 0 Å². The first-order valence-corrected chi connectivity index (χ1v) is 44.2. The van der Waals surface area contributed by atoms with E-state index in [2.05, 4.69) is 303 Å². The largest absolute Gasteiger partial charge is 0.748 e. The third-order valence-electron chi connectivity index (χ3n) is 23.5. The number of hydrogen-bond acceptors (Lipinski definition) is 13. The Morgan fingerprint density at radius 3 is 1.16 bits per heavy atom. The Labute approximate surface area is 705 Å². The monoisotopic (exact) mass is 1630 g/mol. The summed E-state index contributed by atoms with van der Waals surface area (Å²) in [5.41, 5.74) is 14.0. The molecule has 0 saturated carbocycles. The Kier molecular flexibility index (Phi) is 31.7. The zero-order valence-electron chi connectivity index (χ0n) is 71.5. The SMILES string of the molecule is COCCOCCNC(=O)CCCCC[N+]1=C(C=CC=CC=CC=C2N(CCCCC(=O)[O-])c3ccc4ccccc4c3C2(C)C)C(C)(C)c2c1ccc1ccccc21.COCCOCCNC(=O)CCCCC[N+]1=C(C=CC=CC=CC=C2N(CCCCS(=O)(=O)[O-])c3ccc4ccccc4c3C2(C)C)C(C)(C)c2c1ccc1ccccc21. The van der Waals surface area contributed by atoms with Gasteiger partial charge in [-0.05, 0) is 176 Å². The van der Waals surface area contributed by atoms with Crippen LogP contribution in [-0.2, 0) is 65.1 Å². The third kappa shape index (κ3) is 22.3. The quantitative estimate of drug-likeness (QED) is 0.0158. The summed E-state index contributed by atoms with van der Waals surface area (Å²) >= 11 is 0. The van der Waals surface area contributed by atoms with E-state index in [1.807, 2.05) is 12.2 Å². The molecule has 119 heavy (non-hydrogen) atoms. The van der Waals surface area contributed by atoms with Crippen molar-refractivity contribution in [1.82, 2.24) is 10.6 Å². The first kappa shape index (κ1) is 89.6. The van der Waals surface area contributed by atoms with Gasteiger partial charge in [0.15, 0.2) is 11.4 Å². The highest BCUT2D eigenvalue weighted by Crippen LogP contribution is 2.53. The molecule has 0 atom stereocenters. The molecule has 0 saturated heterocycles. The van der Waals surface area contributed by atoms with E-state index in [1.54, 1.807) is 14.2 Å². The number of carboxylic acids is 1. The number of fused-ring (bicyclic) bond motifs is 12. The van der Waals surface area contributed by atoms with Crippen LogP contribution in [0.4, 0.5) is 22.7 Å². The Bertz CT molecular complexity index is 5360. The van der Waals surface area contributed by atoms with E-state index >= 15 is 0 Å². The van der Waals surface area contributed by atoms with Crippen LogP contribution in [0.5, 0.6) is 0 Å². The zero-order chi connectivity index (χ0) is 84.6. The highest BCUT2D eigenvalue weighted by atomic mass is 32.2. The van der Waals surface area contributed by atoms with Crippen molar-refractivity contribution < 1.29 is 60.6 Å². The van der Waals surface area contributed by atoms with Crippen molar-refractivity contribution in [1.29, 1.82) is 0 Å². The molecule has 0 fully saturated rings. The van der Waals surface area contributed by atoms with Crippen LogP contribution in [0.25, 0.3) is 43.1 Å². The van der Waals surface area contributed by atoms with Gasteiger partial charge in [0.25, 0.3) is 0 Å². The summed E-state index contributed by atoms with van der Waals surface area (Å²) in [5, 5.41) is 27.0. The number of aliphatic carboxylic acids is 1. The van der Waals surface area contributed by atoms with E-state index in [0.29, 0.717) is 91.4 Å². The van der Waals surface area contributed by atoms with Gasteiger partial charge in [0, 0.05) is 147 Å². The van der Waals surface area contributed by atoms with E-state index in [4.69, 9.17) is 18.9 Å². The summed E-state index contributed by atoms with van der Waals surface area (Å²) in [7, 11) is -0.967. The van der Waals surface area contributed by atoms with Gasteiger partial charge in [-0.2, -0.15) is 9.15 Å². The zero-order valence-corrected chi connectivity index (χ0v) is 72.3. The van der Waals surface area contributed by atoms with Crippen molar-refractivity contribution in [2.24, 2.45) is 0 Å². The van der Waals surface area contributed by atoms with Gasteiger partial charge in [-0.1, -0.05) is 198 Å². The highest BCUT2D eigenvalue weighted by molar-refractivity contribution is 7.85. The predicted molar refractivity (Wildman–Crippen MR) is 484 cm³/mol. The lowest BCUT2D eigenvalue weighted by molar-refractivity contribution is -0.438. The standard InChI is InChI=1S/C51H61N3O5.C50H61N3O6S/c1-50(2)44(53(42-30-28-38-20-13-15-22-40(38)48(42)50)33-18-9-12-26-46(55)52-32-35-59-37-36-58-5)24-10-7-6-8-11-25-45-51(3,4)49-41-23-16-14-21-39(41)29-31-43(49)54(45)34-19-17-27-47(56)57;1-49(2)44(52(42-29-27-38-20-13-15-22-40(38)47(42)49)32-17-9-12-26-46(54)51-31-34-59-36-35-58-5)24-10-7-6-8-11-25-45-50(3,4)48-41-23-16-14-21-39(41)28-30-43(48)53(45)33-18-19-37-60(55,56)57/h6-8,10-11,13-16,20-25,28-31H,9,12,17-19,26-27,32-37H2,1-5H3,(H-,52,55,56,57);6-8,10-11,13-16,20-25,27-30H,9,12,17-19,26,31-37H2,1-5H3,(H-,51,54,55,56,57). The molecule has 4 aliphatic heterocycles. The van der Waals surface area contributed by atoms with Gasteiger partial charge < -0.3 is 53.8 Å². The van der Waals surface area contributed by atoms with Gasteiger partial charge in [0.1, 0.15) is 13.1 Å². The van der Waals surface area contributed by atoms with E-state index in [-0.39, 0.29) is 45.6 Å². The van der Waals surface area contributed by atoms with Gasteiger partial charge in [0.2, 0.25) is 23.2 Å². The molecule has 628 valence electrons. The van der Waals surface area contributed by atoms with Gasteiger partial charge in [-0.15, -0.1) is 0 Å². The number of unbranched alkanes of at least 4 members (excludes halogenated alkanes) is 6. The maximum Gasteiger partial charge on any atom is 0.220 e. The van der Waals surface area contributed by atoms with Crippen molar-refractivity contribution in [3.05, 3.63) is 264 Å². The van der Waals surface area contributed by atoms with Crippen LogP contribution < -0.4 is 25.5 Å². The molecule has 18 heteroatoms. The fraction of sp³-hybridized carbons (Fsp3) is 0.396. The molecule has 17 nitrogen and oxygen atoms in total. The summed E-state index contributed by atoms with van der Waals surface area (Å²) in [4.78, 5) is 40.6. The number of amides is 2. The highest BCUT2D eigenvalue weighted by Gasteiger charge is 2.48. The Morgan fingerprint density at radius 2 is 0.765 bits per heavy atom. The van der Waals surface area contributed by atoms with Crippen molar-refractivity contribution in [3.8, 4) is 0 Å². The average molecular weight is 1630 g/mol. The number of ether oxygens (including phenoxy) is 4. The molecule has 2 N–H and O–H groups in total. The smallest absolute Gasteiger partial charge is 0.220 e. The average Bonchev–Trinajstić information content (AvgIpc) is 1.60. The topological polar surface area (TPSA) is 205 Å². The number of carboxylic acid groups (broad SMARTS) is 1. The number of nitrogens with one attached hydrogen (secondary N) is 2. The van der Waals surface area contributed by atoms with Gasteiger partial charge in [-0.3, -0.25) is 9.59 Å². The molecule has 12 rings (SSSR count). The molecule has 0 aliphatic carbocycles. The predicted octanol–water partition coefficient (Wildman–Crippen LogP) is 18.4. The number of methoxy groups -OCH3 is 2. The molecule has 2 amide bonds. The minimum atomic E-state index is -4.25. The van der Waals surface area contributed by atoms with Crippen LogP contribution in [-0.4, -0.2) is 150 Å². The second-order valence-corrected chi connectivity index (χ2v) is 34.8. The summed E-state index contributed by atoms with van der Waals surface area (Å²) in [6.07, 6.45) is 38.6. The number of hydrogen-bond donors (Lipinski definition) is 2. The first-order valence-electron chi connectivity index (χ1n) is 42.6. The maximum atomic E-state index is 12.4. The number of benzene rings is 8.